The molecule has 0 bridgehead atoms. The van der Waals surface area contributed by atoms with Crippen molar-refractivity contribution < 1.29 is 9.53 Å². The van der Waals surface area contributed by atoms with Crippen molar-refractivity contribution in [2.75, 3.05) is 5.32 Å². The van der Waals surface area contributed by atoms with Gasteiger partial charge in [0.05, 0.1) is 15.2 Å². The van der Waals surface area contributed by atoms with Gasteiger partial charge >= 0.3 is 0 Å². The lowest BCUT2D eigenvalue weighted by atomic mass is 10.1. The Hall–Kier alpha value is -3.33. The van der Waals surface area contributed by atoms with Crippen LogP contribution in [0.2, 0.25) is 5.02 Å². The van der Waals surface area contributed by atoms with Crippen molar-refractivity contribution >= 4 is 51.9 Å². The van der Waals surface area contributed by atoms with Crippen molar-refractivity contribution in [2.45, 2.75) is 6.61 Å². The van der Waals surface area contributed by atoms with E-state index in [1.165, 1.54) is 6.08 Å². The summed E-state index contributed by atoms with van der Waals surface area (Å²) in [6.45, 7) is 0.264. The molecule has 1 amide bonds. The molecule has 0 fully saturated rings. The summed E-state index contributed by atoms with van der Waals surface area (Å²) < 4.78 is 6.67. The summed E-state index contributed by atoms with van der Waals surface area (Å²) in [4.78, 5) is 12.4. The van der Waals surface area contributed by atoms with Gasteiger partial charge in [0.1, 0.15) is 24.0 Å². The third-order valence-corrected chi connectivity index (χ3v) is 5.31. The molecule has 3 rings (SSSR count). The van der Waals surface area contributed by atoms with Crippen LogP contribution in [-0.4, -0.2) is 5.91 Å². The van der Waals surface area contributed by atoms with Crippen molar-refractivity contribution in [2.24, 2.45) is 0 Å². The molecule has 0 spiro atoms. The Morgan fingerprint density at radius 3 is 2.61 bits per heavy atom. The van der Waals surface area contributed by atoms with Gasteiger partial charge < -0.3 is 10.1 Å². The summed E-state index contributed by atoms with van der Waals surface area (Å²) in [5, 5.41) is 21.8. The number of nitrogens with zero attached hydrogens (tertiary/aromatic N) is 2. The number of anilines is 1. The average molecular weight is 540 g/mol. The minimum absolute atomic E-state index is 0.0348. The smallest absolute Gasteiger partial charge is 0.266 e. The first-order valence-corrected chi connectivity index (χ1v) is 10.5. The van der Waals surface area contributed by atoms with Crippen LogP contribution in [0, 0.1) is 26.2 Å². The highest BCUT2D eigenvalue weighted by atomic mass is 127. The molecule has 1 N–H and O–H groups in total. The summed E-state index contributed by atoms with van der Waals surface area (Å²) in [7, 11) is 0. The first kappa shape index (κ1) is 22.4. The standard InChI is InChI=1S/C24H15ClIN3O2/c25-20-6-3-7-21(12-20)29-24(30)19(14-28)10-16-8-9-23(22(26)11-16)31-15-18-5-2-1-4-17(18)13-27/h1-12H,15H2,(H,29,30)/b19-10+. The van der Waals surface area contributed by atoms with Gasteiger partial charge in [-0.1, -0.05) is 41.9 Å². The predicted octanol–water partition coefficient (Wildman–Crippen LogP) is 5.94. The summed E-state index contributed by atoms with van der Waals surface area (Å²) >= 11 is 8.05. The fourth-order valence-electron chi connectivity index (χ4n) is 2.71. The number of nitriles is 2. The highest BCUT2D eigenvalue weighted by Gasteiger charge is 2.11. The van der Waals surface area contributed by atoms with E-state index in [9.17, 15) is 15.3 Å². The maximum Gasteiger partial charge on any atom is 0.266 e. The Morgan fingerprint density at radius 1 is 1.10 bits per heavy atom. The lowest BCUT2D eigenvalue weighted by Crippen LogP contribution is -2.13. The number of rotatable bonds is 6. The summed E-state index contributed by atoms with van der Waals surface area (Å²) in [6.07, 6.45) is 1.51. The Labute approximate surface area is 198 Å². The third kappa shape index (κ3) is 6.08. The lowest BCUT2D eigenvalue weighted by Gasteiger charge is -2.10. The lowest BCUT2D eigenvalue weighted by molar-refractivity contribution is -0.112. The van der Waals surface area contributed by atoms with Crippen molar-refractivity contribution in [3.63, 3.8) is 0 Å². The topological polar surface area (TPSA) is 85.9 Å². The van der Waals surface area contributed by atoms with Crippen molar-refractivity contribution in [3.05, 3.63) is 97.6 Å². The fourth-order valence-corrected chi connectivity index (χ4v) is 3.60. The Morgan fingerprint density at radius 2 is 1.90 bits per heavy atom. The van der Waals surface area contributed by atoms with Gasteiger partial charge in [0.25, 0.3) is 5.91 Å². The number of carbonyl (C=O) groups excluding carboxylic acids is 1. The Bertz CT molecular complexity index is 1240. The number of amides is 1. The normalized spacial score (nSPS) is 10.6. The first-order chi connectivity index (χ1) is 15.0. The molecule has 0 heterocycles. The molecule has 0 atom stereocenters. The molecular weight excluding hydrogens is 525 g/mol. The van der Waals surface area contributed by atoms with Crippen LogP contribution < -0.4 is 10.1 Å². The van der Waals surface area contributed by atoms with E-state index in [1.54, 1.807) is 42.5 Å². The van der Waals surface area contributed by atoms with Crippen LogP contribution in [0.3, 0.4) is 0 Å². The van der Waals surface area contributed by atoms with E-state index >= 15 is 0 Å². The highest BCUT2D eigenvalue weighted by molar-refractivity contribution is 14.1. The Kier molecular flexibility index (Phi) is 7.66. The summed E-state index contributed by atoms with van der Waals surface area (Å²) in [5.74, 6) is 0.126. The third-order valence-electron chi connectivity index (χ3n) is 4.24. The summed E-state index contributed by atoms with van der Waals surface area (Å²) in [6, 6.07) is 23.4. The number of nitrogens with one attached hydrogen (secondary N) is 1. The molecule has 0 aromatic heterocycles. The number of benzene rings is 3. The molecule has 0 saturated heterocycles. The maximum absolute atomic E-state index is 12.4. The van der Waals surface area contributed by atoms with Crippen LogP contribution in [0.5, 0.6) is 5.75 Å². The van der Waals surface area contributed by atoms with Gasteiger partial charge in [0.2, 0.25) is 0 Å². The van der Waals surface area contributed by atoms with Crippen LogP contribution >= 0.6 is 34.2 Å². The maximum atomic E-state index is 12.4. The molecule has 31 heavy (non-hydrogen) atoms. The molecule has 7 heteroatoms. The number of hydrogen-bond donors (Lipinski definition) is 1. The van der Waals surface area contributed by atoms with Gasteiger partial charge in [-0.05, 0) is 70.6 Å². The van der Waals surface area contributed by atoms with Gasteiger partial charge in [-0.25, -0.2) is 0 Å². The van der Waals surface area contributed by atoms with Crippen molar-refractivity contribution in [1.82, 2.24) is 0 Å². The van der Waals surface area contributed by atoms with Gasteiger partial charge in [-0.3, -0.25) is 4.79 Å². The predicted molar refractivity (Wildman–Crippen MR) is 128 cm³/mol. The van der Waals surface area contributed by atoms with Crippen LogP contribution in [0.15, 0.2) is 72.3 Å². The summed E-state index contributed by atoms with van der Waals surface area (Å²) in [5.41, 5.74) is 2.53. The zero-order valence-electron chi connectivity index (χ0n) is 16.1. The zero-order valence-corrected chi connectivity index (χ0v) is 19.0. The minimum atomic E-state index is -0.520. The van der Waals surface area contributed by atoms with E-state index in [4.69, 9.17) is 16.3 Å². The monoisotopic (exact) mass is 539 g/mol. The quantitative estimate of drug-likeness (QED) is 0.239. The number of carbonyl (C=O) groups is 1. The molecule has 0 unspecified atom stereocenters. The van der Waals surface area contributed by atoms with Crippen LogP contribution in [-0.2, 0) is 11.4 Å². The van der Waals surface area contributed by atoms with E-state index < -0.39 is 5.91 Å². The second kappa shape index (κ2) is 10.6. The van der Waals surface area contributed by atoms with Crippen LogP contribution in [0.4, 0.5) is 5.69 Å². The van der Waals surface area contributed by atoms with Gasteiger partial charge in [-0.2, -0.15) is 10.5 Å². The first-order valence-electron chi connectivity index (χ1n) is 9.09. The Balaban J connectivity index is 1.73. The van der Waals surface area contributed by atoms with Gasteiger partial charge in [0.15, 0.2) is 0 Å². The van der Waals surface area contributed by atoms with Crippen LogP contribution in [0.25, 0.3) is 6.08 Å². The molecule has 0 saturated carbocycles. The fraction of sp³-hybridized carbons (Fsp3) is 0.0417. The van der Waals surface area contributed by atoms with Crippen molar-refractivity contribution in [3.8, 4) is 17.9 Å². The number of ether oxygens (including phenoxy) is 1. The van der Waals surface area contributed by atoms with E-state index in [2.05, 4.69) is 34.0 Å². The van der Waals surface area contributed by atoms with E-state index in [-0.39, 0.29) is 12.2 Å². The molecular formula is C24H15ClIN3O2. The SMILES string of the molecule is N#C/C(=C\c1ccc(OCc2ccccc2C#N)c(I)c1)C(=O)Nc1cccc(Cl)c1. The van der Waals surface area contributed by atoms with Crippen molar-refractivity contribution in [1.29, 1.82) is 10.5 Å². The van der Waals surface area contributed by atoms with E-state index in [1.807, 2.05) is 30.3 Å². The molecule has 5 nitrogen and oxygen atoms in total. The molecule has 0 aliphatic carbocycles. The molecule has 0 aliphatic rings. The second-order valence-electron chi connectivity index (χ2n) is 6.38. The van der Waals surface area contributed by atoms with E-state index in [0.29, 0.717) is 27.6 Å². The zero-order chi connectivity index (χ0) is 22.2. The molecule has 0 aliphatic heterocycles. The second-order valence-corrected chi connectivity index (χ2v) is 7.98. The van der Waals surface area contributed by atoms with Gasteiger partial charge in [-0.15, -0.1) is 0 Å². The molecule has 152 valence electrons. The molecule has 3 aromatic carbocycles. The highest BCUT2D eigenvalue weighted by Crippen LogP contribution is 2.25. The largest absolute Gasteiger partial charge is 0.488 e. The van der Waals surface area contributed by atoms with Crippen LogP contribution in [0.1, 0.15) is 16.7 Å². The van der Waals surface area contributed by atoms with E-state index in [0.717, 1.165) is 9.13 Å². The average Bonchev–Trinajstić information content (AvgIpc) is 2.77. The molecule has 3 aromatic rings. The number of halogens is 2. The van der Waals surface area contributed by atoms with Gasteiger partial charge in [0, 0.05) is 16.3 Å². The number of hydrogen-bond acceptors (Lipinski definition) is 4. The molecule has 0 radical (unpaired) electrons. The minimum Gasteiger partial charge on any atom is -0.488 e.